The van der Waals surface area contributed by atoms with Gasteiger partial charge in [0.05, 0.1) is 15.1 Å². The number of pyridine rings is 1. The smallest absolute Gasteiger partial charge is 0.262 e. The van der Waals surface area contributed by atoms with Crippen molar-refractivity contribution in [2.75, 3.05) is 10.5 Å². The van der Waals surface area contributed by atoms with E-state index < -0.39 is 15.8 Å². The summed E-state index contributed by atoms with van der Waals surface area (Å²) in [5.74, 6) is -0.714. The number of nitrogen functional groups attached to an aromatic ring is 1. The molecule has 3 N–H and O–H groups in total. The van der Waals surface area contributed by atoms with Crippen molar-refractivity contribution in [3.63, 3.8) is 0 Å². The van der Waals surface area contributed by atoms with Gasteiger partial charge in [0.15, 0.2) is 0 Å². The van der Waals surface area contributed by atoms with Crippen molar-refractivity contribution < 1.29 is 12.8 Å². The normalized spacial score (nSPS) is 11.3. The minimum absolute atomic E-state index is 0.0363. The lowest BCUT2D eigenvalue weighted by Gasteiger charge is -2.10. The predicted octanol–water partition coefficient (Wildman–Crippen LogP) is 2.37. The quantitative estimate of drug-likeness (QED) is 0.836. The monoisotopic (exact) mass is 345 g/mol. The Morgan fingerprint density at radius 2 is 2.05 bits per heavy atom. The van der Waals surface area contributed by atoms with Crippen molar-refractivity contribution in [1.29, 1.82) is 0 Å². The number of sulfonamides is 1. The van der Waals surface area contributed by atoms with Crippen LogP contribution in [0.4, 0.5) is 15.8 Å². The van der Waals surface area contributed by atoms with Gasteiger partial charge in [-0.25, -0.2) is 12.8 Å². The molecule has 8 heteroatoms. The van der Waals surface area contributed by atoms with Crippen LogP contribution in [-0.4, -0.2) is 13.4 Å². The number of nitrogens with one attached hydrogen (secondary N) is 1. The molecule has 0 aliphatic rings. The lowest BCUT2D eigenvalue weighted by molar-refractivity contribution is 0.595. The Kier molecular flexibility index (Phi) is 3.72. The highest BCUT2D eigenvalue weighted by atomic mass is 79.9. The molecule has 0 fully saturated rings. The summed E-state index contributed by atoms with van der Waals surface area (Å²) in [5.41, 5.74) is 5.77. The third-order valence-electron chi connectivity index (χ3n) is 2.22. The van der Waals surface area contributed by atoms with Gasteiger partial charge in [-0.15, -0.1) is 0 Å². The van der Waals surface area contributed by atoms with E-state index >= 15 is 0 Å². The molecule has 0 spiro atoms. The summed E-state index contributed by atoms with van der Waals surface area (Å²) in [6, 6.07) is 4.60. The van der Waals surface area contributed by atoms with E-state index in [-0.39, 0.29) is 10.6 Å². The molecule has 0 radical (unpaired) electrons. The number of anilines is 2. The Labute approximate surface area is 117 Å². The second-order valence-electron chi connectivity index (χ2n) is 3.68. The summed E-state index contributed by atoms with van der Waals surface area (Å²) in [6.45, 7) is 0. The first-order valence-corrected chi connectivity index (χ1v) is 7.34. The van der Waals surface area contributed by atoms with E-state index in [2.05, 4.69) is 25.6 Å². The van der Waals surface area contributed by atoms with Crippen molar-refractivity contribution >= 4 is 37.3 Å². The second-order valence-corrected chi connectivity index (χ2v) is 6.22. The van der Waals surface area contributed by atoms with Crippen molar-refractivity contribution in [3.8, 4) is 0 Å². The molecule has 0 atom stereocenters. The molecule has 0 saturated heterocycles. The number of halogens is 2. The Bertz CT molecular complexity index is 701. The van der Waals surface area contributed by atoms with Gasteiger partial charge < -0.3 is 5.73 Å². The topological polar surface area (TPSA) is 85.1 Å². The largest absolute Gasteiger partial charge is 0.399 e. The zero-order valence-electron chi connectivity index (χ0n) is 9.47. The van der Waals surface area contributed by atoms with Crippen LogP contribution in [-0.2, 0) is 10.0 Å². The first kappa shape index (κ1) is 13.8. The molecule has 0 bridgehead atoms. The van der Waals surface area contributed by atoms with Crippen LogP contribution in [0.2, 0.25) is 0 Å². The van der Waals surface area contributed by atoms with Gasteiger partial charge >= 0.3 is 0 Å². The van der Waals surface area contributed by atoms with E-state index in [1.807, 2.05) is 0 Å². The SMILES string of the molecule is Nc1cc(F)cc(S(=O)(=O)Nc2ccncc2Br)c1. The lowest BCUT2D eigenvalue weighted by Crippen LogP contribution is -2.14. The van der Waals surface area contributed by atoms with Crippen molar-refractivity contribution in [1.82, 2.24) is 4.98 Å². The van der Waals surface area contributed by atoms with Gasteiger partial charge in [0, 0.05) is 18.1 Å². The molecular weight excluding hydrogens is 337 g/mol. The van der Waals surface area contributed by atoms with Crippen LogP contribution < -0.4 is 10.5 Å². The Balaban J connectivity index is 2.41. The third kappa shape index (κ3) is 3.21. The van der Waals surface area contributed by atoms with Crippen LogP contribution in [0, 0.1) is 5.82 Å². The summed E-state index contributed by atoms with van der Waals surface area (Å²) in [4.78, 5) is 3.57. The number of nitrogens with two attached hydrogens (primary N) is 1. The average molecular weight is 346 g/mol. The summed E-state index contributed by atoms with van der Waals surface area (Å²) in [7, 11) is -3.91. The molecule has 0 saturated carbocycles. The third-order valence-corrected chi connectivity index (χ3v) is 4.20. The number of rotatable bonds is 3. The number of benzene rings is 1. The van der Waals surface area contributed by atoms with Crippen LogP contribution >= 0.6 is 15.9 Å². The van der Waals surface area contributed by atoms with E-state index in [9.17, 15) is 12.8 Å². The summed E-state index contributed by atoms with van der Waals surface area (Å²) in [5, 5.41) is 0. The number of aromatic nitrogens is 1. The maximum absolute atomic E-state index is 13.2. The maximum atomic E-state index is 13.2. The van der Waals surface area contributed by atoms with Gasteiger partial charge in [-0.2, -0.15) is 0 Å². The fourth-order valence-electron chi connectivity index (χ4n) is 1.40. The van der Waals surface area contributed by atoms with Crippen LogP contribution in [0.15, 0.2) is 46.0 Å². The van der Waals surface area contributed by atoms with Gasteiger partial charge in [-0.1, -0.05) is 0 Å². The molecule has 100 valence electrons. The van der Waals surface area contributed by atoms with E-state index in [1.54, 1.807) is 0 Å². The molecule has 2 rings (SSSR count). The summed E-state index contributed by atoms with van der Waals surface area (Å²) in [6.07, 6.45) is 2.88. The molecule has 0 amide bonds. The highest BCUT2D eigenvalue weighted by molar-refractivity contribution is 9.10. The zero-order chi connectivity index (χ0) is 14.0. The van der Waals surface area contributed by atoms with Crippen molar-refractivity contribution in [2.24, 2.45) is 0 Å². The minimum Gasteiger partial charge on any atom is -0.399 e. The molecule has 0 unspecified atom stereocenters. The van der Waals surface area contributed by atoms with Gasteiger partial charge in [0.1, 0.15) is 5.82 Å². The fraction of sp³-hybridized carbons (Fsp3) is 0. The standard InChI is InChI=1S/C11H9BrFN3O2S/c12-10-6-15-2-1-11(10)16-19(17,18)9-4-7(13)3-8(14)5-9/h1-6H,14H2,(H,15,16). The van der Waals surface area contributed by atoms with Crippen LogP contribution in [0.1, 0.15) is 0 Å². The molecule has 19 heavy (non-hydrogen) atoms. The first-order valence-electron chi connectivity index (χ1n) is 5.07. The highest BCUT2D eigenvalue weighted by Crippen LogP contribution is 2.24. The van der Waals surface area contributed by atoms with E-state index in [0.717, 1.165) is 12.1 Å². The molecule has 1 heterocycles. The average Bonchev–Trinajstić information content (AvgIpc) is 2.31. The predicted molar refractivity (Wildman–Crippen MR) is 73.6 cm³/mol. The number of hydrogen-bond donors (Lipinski definition) is 2. The summed E-state index contributed by atoms with van der Waals surface area (Å²) >= 11 is 3.16. The minimum atomic E-state index is -3.91. The molecule has 2 aromatic rings. The Morgan fingerprint density at radius 3 is 2.68 bits per heavy atom. The van der Waals surface area contributed by atoms with Gasteiger partial charge in [0.2, 0.25) is 0 Å². The maximum Gasteiger partial charge on any atom is 0.262 e. The molecule has 0 aliphatic carbocycles. The van der Waals surface area contributed by atoms with Crippen LogP contribution in [0.25, 0.3) is 0 Å². The Morgan fingerprint density at radius 1 is 1.32 bits per heavy atom. The van der Waals surface area contributed by atoms with Gasteiger partial charge in [-0.05, 0) is 40.2 Å². The fourth-order valence-corrected chi connectivity index (χ4v) is 3.03. The molecule has 1 aromatic carbocycles. The van der Waals surface area contributed by atoms with Crippen molar-refractivity contribution in [3.05, 3.63) is 46.9 Å². The highest BCUT2D eigenvalue weighted by Gasteiger charge is 2.17. The summed E-state index contributed by atoms with van der Waals surface area (Å²) < 4.78 is 40.1. The van der Waals surface area contributed by atoms with Gasteiger partial charge in [-0.3, -0.25) is 9.71 Å². The zero-order valence-corrected chi connectivity index (χ0v) is 11.9. The van der Waals surface area contributed by atoms with E-state index in [4.69, 9.17) is 5.73 Å². The molecular formula is C11H9BrFN3O2S. The number of nitrogens with zero attached hydrogens (tertiary/aromatic N) is 1. The molecule has 5 nitrogen and oxygen atoms in total. The van der Waals surface area contributed by atoms with E-state index in [0.29, 0.717) is 10.2 Å². The van der Waals surface area contributed by atoms with Crippen molar-refractivity contribution in [2.45, 2.75) is 4.90 Å². The molecule has 0 aliphatic heterocycles. The second kappa shape index (κ2) is 5.14. The first-order chi connectivity index (χ1) is 8.88. The lowest BCUT2D eigenvalue weighted by atomic mass is 10.3. The van der Waals surface area contributed by atoms with Crippen LogP contribution in [0.5, 0.6) is 0 Å². The van der Waals surface area contributed by atoms with Crippen LogP contribution in [0.3, 0.4) is 0 Å². The molecule has 1 aromatic heterocycles. The Hall–Kier alpha value is -1.67. The van der Waals surface area contributed by atoms with E-state index in [1.165, 1.54) is 24.5 Å². The van der Waals surface area contributed by atoms with Gasteiger partial charge in [0.25, 0.3) is 10.0 Å². The number of hydrogen-bond acceptors (Lipinski definition) is 4.